The number of halogens is 1. The van der Waals surface area contributed by atoms with E-state index in [-0.39, 0.29) is 24.6 Å². The second kappa shape index (κ2) is 14.1. The van der Waals surface area contributed by atoms with E-state index in [1.54, 1.807) is 67.6 Å². The van der Waals surface area contributed by atoms with Gasteiger partial charge in [0.25, 0.3) is 0 Å². The fourth-order valence-corrected chi connectivity index (χ4v) is 8.31. The summed E-state index contributed by atoms with van der Waals surface area (Å²) in [4.78, 5) is 23.1. The third-order valence-electron chi connectivity index (χ3n) is 8.29. The minimum atomic E-state index is -3.84. The Morgan fingerprint density at radius 1 is 0.889 bits per heavy atom. The largest absolute Gasteiger partial charge is 0.508 e. The van der Waals surface area contributed by atoms with Crippen LogP contribution >= 0.6 is 11.6 Å². The molecule has 2 aliphatic heterocycles. The van der Waals surface area contributed by atoms with Gasteiger partial charge in [0.2, 0.25) is 15.9 Å². The standard InChI is InChI=1S/C34H37ClN2O7S/c1-2-37(26-17-13-24(35)14-18-26)45(42,43)29-21-28-32(22-11-19-27(38)20-12-22)33(34(29)44-28)23-9-15-25(16-10-23)36-30(39)7-5-3-4-6-8-31(40)41/h9-20,28-29,34,38H,2-8,21H2,1H3,(H,36,39)(H,40,41). The number of rotatable bonds is 14. The Morgan fingerprint density at radius 2 is 1.49 bits per heavy atom. The fraction of sp³-hybridized carbons (Fsp3) is 0.353. The van der Waals surface area contributed by atoms with Gasteiger partial charge in [-0.2, -0.15) is 0 Å². The maximum Gasteiger partial charge on any atom is 0.303 e. The number of phenolic OH excluding ortho intramolecular Hbond substituents is 1. The number of unbranched alkanes of at least 4 members (excludes halogenated alkanes) is 3. The molecule has 1 fully saturated rings. The molecule has 5 rings (SSSR count). The van der Waals surface area contributed by atoms with Gasteiger partial charge in [0, 0.05) is 30.1 Å². The number of benzene rings is 3. The van der Waals surface area contributed by atoms with Crippen LogP contribution in [-0.4, -0.2) is 54.5 Å². The first-order valence-corrected chi connectivity index (χ1v) is 17.0. The number of carboxylic acids is 1. The molecule has 0 spiro atoms. The smallest absolute Gasteiger partial charge is 0.303 e. The lowest BCUT2D eigenvalue weighted by atomic mass is 9.83. The Morgan fingerprint density at radius 3 is 2.11 bits per heavy atom. The van der Waals surface area contributed by atoms with Crippen molar-refractivity contribution < 1.29 is 33.0 Å². The zero-order valence-corrected chi connectivity index (χ0v) is 26.6. The van der Waals surface area contributed by atoms with Gasteiger partial charge in [0.1, 0.15) is 17.1 Å². The number of aromatic hydroxyl groups is 1. The van der Waals surface area contributed by atoms with Gasteiger partial charge < -0.3 is 20.3 Å². The minimum absolute atomic E-state index is 0.124. The summed E-state index contributed by atoms with van der Waals surface area (Å²) in [5, 5.41) is 21.2. The van der Waals surface area contributed by atoms with Crippen LogP contribution in [0.3, 0.4) is 0 Å². The third-order valence-corrected chi connectivity index (χ3v) is 10.8. The number of hydrogen-bond donors (Lipinski definition) is 3. The van der Waals surface area contributed by atoms with Crippen LogP contribution in [0.5, 0.6) is 5.75 Å². The molecule has 0 aromatic heterocycles. The van der Waals surface area contributed by atoms with Crippen molar-refractivity contribution in [2.45, 2.75) is 69.3 Å². The lowest BCUT2D eigenvalue weighted by molar-refractivity contribution is -0.137. The normalized spacial score (nSPS) is 19.1. The molecule has 3 unspecified atom stereocenters. The van der Waals surface area contributed by atoms with Crippen LogP contribution in [0, 0.1) is 0 Å². The molecule has 2 bridgehead atoms. The number of fused-ring (bicyclic) bond motifs is 2. The molecular weight excluding hydrogens is 616 g/mol. The number of carbonyl (C=O) groups excluding carboxylic acids is 1. The van der Waals surface area contributed by atoms with E-state index < -0.39 is 33.5 Å². The Kier molecular flexibility index (Phi) is 10.2. The summed E-state index contributed by atoms with van der Waals surface area (Å²) in [5.41, 5.74) is 4.45. The van der Waals surface area contributed by atoms with Crippen molar-refractivity contribution in [3.8, 4) is 5.75 Å². The van der Waals surface area contributed by atoms with Crippen molar-refractivity contribution in [1.82, 2.24) is 0 Å². The highest BCUT2D eigenvalue weighted by Gasteiger charge is 2.54. The Balaban J connectivity index is 1.37. The highest BCUT2D eigenvalue weighted by Crippen LogP contribution is 2.51. The van der Waals surface area contributed by atoms with Crippen molar-refractivity contribution in [3.05, 3.63) is 88.9 Å². The first-order chi connectivity index (χ1) is 21.6. The number of carboxylic acid groups (broad SMARTS) is 1. The Hall–Kier alpha value is -3.86. The number of ether oxygens (including phenoxy) is 1. The number of nitrogens with zero attached hydrogens (tertiary/aromatic N) is 1. The van der Waals surface area contributed by atoms with Crippen molar-refractivity contribution in [3.63, 3.8) is 0 Å². The van der Waals surface area contributed by atoms with Crippen LogP contribution in [0.1, 0.15) is 63.0 Å². The Bertz CT molecular complexity index is 1660. The molecule has 9 nitrogen and oxygen atoms in total. The summed E-state index contributed by atoms with van der Waals surface area (Å²) in [6.07, 6.45) is 2.43. The van der Waals surface area contributed by atoms with Crippen LogP contribution in [0.25, 0.3) is 11.1 Å². The molecule has 1 amide bonds. The molecular formula is C34H37ClN2O7S. The second-order valence-electron chi connectivity index (χ2n) is 11.3. The van der Waals surface area contributed by atoms with Crippen molar-refractivity contribution in [2.75, 3.05) is 16.2 Å². The summed E-state index contributed by atoms with van der Waals surface area (Å²) in [6.45, 7) is 2.05. The van der Waals surface area contributed by atoms with Crippen molar-refractivity contribution in [2.24, 2.45) is 0 Å². The molecule has 2 aliphatic rings. The molecule has 45 heavy (non-hydrogen) atoms. The number of sulfonamides is 1. The van der Waals surface area contributed by atoms with Gasteiger partial charge in [0.15, 0.2) is 0 Å². The van der Waals surface area contributed by atoms with Gasteiger partial charge in [-0.05, 0) is 97.0 Å². The first-order valence-electron chi connectivity index (χ1n) is 15.2. The summed E-state index contributed by atoms with van der Waals surface area (Å²) in [7, 11) is -3.84. The van der Waals surface area contributed by atoms with Crippen LogP contribution in [-0.2, 0) is 24.3 Å². The monoisotopic (exact) mass is 652 g/mol. The van der Waals surface area contributed by atoms with Crippen LogP contribution in [0.4, 0.5) is 11.4 Å². The molecule has 0 radical (unpaired) electrons. The molecule has 3 aromatic carbocycles. The third kappa shape index (κ3) is 7.35. The van der Waals surface area contributed by atoms with E-state index in [0.29, 0.717) is 42.1 Å². The van der Waals surface area contributed by atoms with E-state index in [2.05, 4.69) is 5.32 Å². The molecule has 0 saturated carbocycles. The maximum atomic E-state index is 14.1. The van der Waals surface area contributed by atoms with Crippen LogP contribution in [0.2, 0.25) is 5.02 Å². The van der Waals surface area contributed by atoms with E-state index in [4.69, 9.17) is 21.4 Å². The zero-order valence-electron chi connectivity index (χ0n) is 25.0. The number of carbonyl (C=O) groups is 2. The highest BCUT2D eigenvalue weighted by molar-refractivity contribution is 7.93. The molecule has 0 aliphatic carbocycles. The lowest BCUT2D eigenvalue weighted by Crippen LogP contribution is -2.43. The van der Waals surface area contributed by atoms with Crippen molar-refractivity contribution in [1.29, 1.82) is 0 Å². The van der Waals surface area contributed by atoms with Crippen molar-refractivity contribution >= 4 is 56.0 Å². The number of amides is 1. The molecule has 3 aromatic rings. The average molecular weight is 653 g/mol. The number of hydrogen-bond acceptors (Lipinski definition) is 6. The first kappa shape index (κ1) is 32.5. The zero-order chi connectivity index (χ0) is 32.1. The predicted octanol–water partition coefficient (Wildman–Crippen LogP) is 6.72. The fourth-order valence-electron chi connectivity index (χ4n) is 6.15. The molecule has 2 heterocycles. The summed E-state index contributed by atoms with van der Waals surface area (Å²) >= 11 is 6.06. The quantitative estimate of drug-likeness (QED) is 0.165. The van der Waals surface area contributed by atoms with E-state index in [9.17, 15) is 23.1 Å². The maximum absolute atomic E-state index is 14.1. The predicted molar refractivity (Wildman–Crippen MR) is 176 cm³/mol. The average Bonchev–Trinajstić information content (AvgIpc) is 3.61. The molecule has 3 N–H and O–H groups in total. The van der Waals surface area contributed by atoms with Gasteiger partial charge >= 0.3 is 5.97 Å². The molecule has 238 valence electrons. The number of nitrogens with one attached hydrogen (secondary N) is 1. The summed E-state index contributed by atoms with van der Waals surface area (Å²) in [5.74, 6) is -0.800. The van der Waals surface area contributed by atoms with Gasteiger partial charge in [-0.25, -0.2) is 8.42 Å². The Labute approximate surface area is 268 Å². The topological polar surface area (TPSA) is 133 Å². The minimum Gasteiger partial charge on any atom is -0.508 e. The summed E-state index contributed by atoms with van der Waals surface area (Å²) in [6, 6.07) is 20.9. The second-order valence-corrected chi connectivity index (χ2v) is 13.8. The van der Waals surface area contributed by atoms with E-state index in [1.807, 2.05) is 12.1 Å². The molecule has 1 saturated heterocycles. The number of aliphatic carboxylic acids is 1. The van der Waals surface area contributed by atoms with E-state index in [0.717, 1.165) is 35.1 Å². The van der Waals surface area contributed by atoms with Gasteiger partial charge in [-0.3, -0.25) is 13.9 Å². The van der Waals surface area contributed by atoms with E-state index >= 15 is 0 Å². The number of phenols is 1. The lowest BCUT2D eigenvalue weighted by Gasteiger charge is -2.31. The SMILES string of the molecule is CCN(c1ccc(Cl)cc1)S(=O)(=O)C1CC2OC1C(c1ccc(NC(=O)CCCCCCC(=O)O)cc1)=C2c1ccc(O)cc1. The van der Waals surface area contributed by atoms with Crippen LogP contribution in [0.15, 0.2) is 72.8 Å². The van der Waals surface area contributed by atoms with Gasteiger partial charge in [0.05, 0.1) is 11.8 Å². The molecule has 11 heteroatoms. The van der Waals surface area contributed by atoms with E-state index in [1.165, 1.54) is 4.31 Å². The summed E-state index contributed by atoms with van der Waals surface area (Å²) < 4.78 is 36.1. The van der Waals surface area contributed by atoms with Gasteiger partial charge in [-0.1, -0.05) is 48.7 Å². The highest BCUT2D eigenvalue weighted by atomic mass is 35.5. The van der Waals surface area contributed by atoms with Crippen LogP contribution < -0.4 is 9.62 Å². The number of anilines is 2. The molecule has 3 atom stereocenters. The van der Waals surface area contributed by atoms with Gasteiger partial charge in [-0.15, -0.1) is 0 Å².